The van der Waals surface area contributed by atoms with E-state index in [2.05, 4.69) is 6.58 Å². The Kier molecular flexibility index (Phi) is 3.89. The zero-order valence-electron chi connectivity index (χ0n) is 10.3. The van der Waals surface area contributed by atoms with Crippen molar-refractivity contribution in [1.29, 1.82) is 0 Å². The van der Waals surface area contributed by atoms with Crippen molar-refractivity contribution in [2.45, 2.75) is 13.3 Å². The lowest BCUT2D eigenvalue weighted by Gasteiger charge is -2.20. The quantitative estimate of drug-likeness (QED) is 0.553. The molecule has 0 spiro atoms. The van der Waals surface area contributed by atoms with E-state index >= 15 is 0 Å². The summed E-state index contributed by atoms with van der Waals surface area (Å²) in [5, 5.41) is 0. The van der Waals surface area contributed by atoms with Crippen LogP contribution in [0.1, 0.15) is 13.3 Å². The number of carbonyl (C=O) groups is 2. The first-order valence-electron chi connectivity index (χ1n) is 5.23. The molecule has 4 nitrogen and oxygen atoms in total. The summed E-state index contributed by atoms with van der Waals surface area (Å²) < 4.78 is 9.40. The van der Waals surface area contributed by atoms with Gasteiger partial charge >= 0.3 is 11.9 Å². The van der Waals surface area contributed by atoms with Gasteiger partial charge in [-0.25, -0.2) is 0 Å². The minimum Gasteiger partial charge on any atom is -0.468 e. The summed E-state index contributed by atoms with van der Waals surface area (Å²) in [4.78, 5) is 23.7. The molecule has 1 aliphatic rings. The summed E-state index contributed by atoms with van der Waals surface area (Å²) in [6.07, 6.45) is 5.28. The molecule has 0 heterocycles. The summed E-state index contributed by atoms with van der Waals surface area (Å²) in [5.74, 6) is -1.22. The van der Waals surface area contributed by atoms with Gasteiger partial charge in [-0.3, -0.25) is 9.59 Å². The standard InChI is InChI=1S/C13H16O4/c1-5-9-7-13(11(14)16-3,12(15)17-4)8-10(9)6-2/h5-7H,1,8H2,2-4H3/b10-6+. The molecule has 0 aliphatic heterocycles. The van der Waals surface area contributed by atoms with E-state index in [1.807, 2.05) is 13.0 Å². The van der Waals surface area contributed by atoms with E-state index < -0.39 is 17.4 Å². The van der Waals surface area contributed by atoms with Crippen LogP contribution in [0, 0.1) is 5.41 Å². The zero-order chi connectivity index (χ0) is 13.1. The van der Waals surface area contributed by atoms with Crippen LogP contribution in [0.5, 0.6) is 0 Å². The van der Waals surface area contributed by atoms with Gasteiger partial charge in [-0.05, 0) is 24.1 Å². The number of methoxy groups -OCH3 is 2. The van der Waals surface area contributed by atoms with Crippen molar-refractivity contribution >= 4 is 11.9 Å². The van der Waals surface area contributed by atoms with Gasteiger partial charge in [0.1, 0.15) is 0 Å². The van der Waals surface area contributed by atoms with Crippen LogP contribution in [0.25, 0.3) is 0 Å². The van der Waals surface area contributed by atoms with Crippen LogP contribution in [0.2, 0.25) is 0 Å². The van der Waals surface area contributed by atoms with Crippen molar-refractivity contribution in [3.8, 4) is 0 Å². The number of esters is 2. The van der Waals surface area contributed by atoms with Crippen molar-refractivity contribution < 1.29 is 19.1 Å². The van der Waals surface area contributed by atoms with E-state index in [1.54, 1.807) is 12.2 Å². The fraction of sp³-hybridized carbons (Fsp3) is 0.385. The number of hydrogen-bond donors (Lipinski definition) is 0. The lowest BCUT2D eigenvalue weighted by Crippen LogP contribution is -2.38. The highest BCUT2D eigenvalue weighted by Crippen LogP contribution is 2.42. The molecule has 0 aromatic carbocycles. The van der Waals surface area contributed by atoms with Crippen LogP contribution >= 0.6 is 0 Å². The molecule has 0 atom stereocenters. The topological polar surface area (TPSA) is 52.6 Å². The molecule has 0 unspecified atom stereocenters. The molecular formula is C13H16O4. The summed E-state index contributed by atoms with van der Waals surface area (Å²) in [7, 11) is 2.50. The Morgan fingerprint density at radius 3 is 2.18 bits per heavy atom. The van der Waals surface area contributed by atoms with Gasteiger partial charge < -0.3 is 9.47 Å². The maximum absolute atomic E-state index is 11.8. The van der Waals surface area contributed by atoms with E-state index in [4.69, 9.17) is 9.47 Å². The largest absolute Gasteiger partial charge is 0.468 e. The monoisotopic (exact) mass is 236 g/mol. The average molecular weight is 236 g/mol. The van der Waals surface area contributed by atoms with Crippen molar-refractivity contribution in [2.24, 2.45) is 5.41 Å². The van der Waals surface area contributed by atoms with E-state index in [-0.39, 0.29) is 6.42 Å². The van der Waals surface area contributed by atoms with Crippen LogP contribution in [-0.2, 0) is 19.1 Å². The first-order valence-corrected chi connectivity index (χ1v) is 5.23. The van der Waals surface area contributed by atoms with E-state index in [0.29, 0.717) is 0 Å². The van der Waals surface area contributed by atoms with Crippen LogP contribution in [0.4, 0.5) is 0 Å². The Bertz CT molecular complexity index is 399. The van der Waals surface area contributed by atoms with Crippen molar-refractivity contribution in [3.05, 3.63) is 36.0 Å². The average Bonchev–Trinajstić information content (AvgIpc) is 2.76. The molecule has 0 N–H and O–H groups in total. The maximum Gasteiger partial charge on any atom is 0.327 e. The first kappa shape index (κ1) is 13.2. The van der Waals surface area contributed by atoms with Crippen LogP contribution in [0.15, 0.2) is 36.0 Å². The molecule has 0 aromatic heterocycles. The molecule has 1 aliphatic carbocycles. The van der Waals surface area contributed by atoms with E-state index in [1.165, 1.54) is 14.2 Å². The molecule has 0 saturated heterocycles. The number of hydrogen-bond acceptors (Lipinski definition) is 4. The van der Waals surface area contributed by atoms with E-state index in [9.17, 15) is 9.59 Å². The minimum absolute atomic E-state index is 0.254. The van der Waals surface area contributed by atoms with Crippen molar-refractivity contribution in [1.82, 2.24) is 0 Å². The second-order valence-electron chi connectivity index (χ2n) is 3.75. The fourth-order valence-corrected chi connectivity index (χ4v) is 1.98. The van der Waals surface area contributed by atoms with Crippen molar-refractivity contribution in [2.75, 3.05) is 14.2 Å². The minimum atomic E-state index is -1.37. The molecule has 0 radical (unpaired) electrons. The molecule has 0 fully saturated rings. The second-order valence-corrected chi connectivity index (χ2v) is 3.75. The molecule has 0 amide bonds. The Balaban J connectivity index is 3.30. The first-order chi connectivity index (χ1) is 8.05. The predicted molar refractivity (Wildman–Crippen MR) is 63.1 cm³/mol. The van der Waals surface area contributed by atoms with Crippen LogP contribution in [0.3, 0.4) is 0 Å². The molecule has 17 heavy (non-hydrogen) atoms. The second kappa shape index (κ2) is 4.99. The normalized spacial score (nSPS) is 19.7. The number of ether oxygens (including phenoxy) is 2. The Morgan fingerprint density at radius 2 is 1.88 bits per heavy atom. The summed E-state index contributed by atoms with van der Waals surface area (Å²) >= 11 is 0. The van der Waals surface area contributed by atoms with Gasteiger partial charge in [-0.15, -0.1) is 0 Å². The van der Waals surface area contributed by atoms with Gasteiger partial charge in [0.2, 0.25) is 0 Å². The summed E-state index contributed by atoms with van der Waals surface area (Å²) in [6, 6.07) is 0. The van der Waals surface area contributed by atoms with Gasteiger partial charge in [-0.2, -0.15) is 0 Å². The third kappa shape index (κ3) is 2.02. The molecule has 0 bridgehead atoms. The van der Waals surface area contributed by atoms with Gasteiger partial charge in [0.05, 0.1) is 14.2 Å². The number of carbonyl (C=O) groups excluding carboxylic acids is 2. The number of allylic oxidation sites excluding steroid dienone is 4. The van der Waals surface area contributed by atoms with Gasteiger partial charge in [0, 0.05) is 6.42 Å². The van der Waals surface area contributed by atoms with E-state index in [0.717, 1.165) is 11.1 Å². The predicted octanol–water partition coefficient (Wildman–Crippen LogP) is 1.78. The number of rotatable bonds is 3. The molecule has 1 rings (SSSR count). The SMILES string of the molecule is C=CC1=CC(C(=O)OC)(C(=O)OC)C/C1=C\C. The molecule has 0 aromatic rings. The Morgan fingerprint density at radius 1 is 1.35 bits per heavy atom. The van der Waals surface area contributed by atoms with Gasteiger partial charge in [0.25, 0.3) is 0 Å². The third-order valence-corrected chi connectivity index (χ3v) is 2.91. The fourth-order valence-electron chi connectivity index (χ4n) is 1.98. The molecule has 92 valence electrons. The molecular weight excluding hydrogens is 220 g/mol. The van der Waals surface area contributed by atoms with Gasteiger partial charge in [-0.1, -0.05) is 18.7 Å². The Hall–Kier alpha value is -1.84. The van der Waals surface area contributed by atoms with Crippen LogP contribution in [-0.4, -0.2) is 26.2 Å². The van der Waals surface area contributed by atoms with Crippen molar-refractivity contribution in [3.63, 3.8) is 0 Å². The highest BCUT2D eigenvalue weighted by molar-refractivity contribution is 6.04. The third-order valence-electron chi connectivity index (χ3n) is 2.91. The van der Waals surface area contributed by atoms with Gasteiger partial charge in [0.15, 0.2) is 5.41 Å². The lowest BCUT2D eigenvalue weighted by atomic mass is 9.87. The van der Waals surface area contributed by atoms with Crippen LogP contribution < -0.4 is 0 Å². The lowest BCUT2D eigenvalue weighted by molar-refractivity contribution is -0.164. The molecule has 4 heteroatoms. The molecule has 0 saturated carbocycles. The Labute approximate surface area is 101 Å². The highest BCUT2D eigenvalue weighted by atomic mass is 16.5. The smallest absolute Gasteiger partial charge is 0.327 e. The summed E-state index contributed by atoms with van der Waals surface area (Å²) in [5.41, 5.74) is 0.286. The highest BCUT2D eigenvalue weighted by Gasteiger charge is 2.50. The maximum atomic E-state index is 11.8. The summed E-state index contributed by atoms with van der Waals surface area (Å²) in [6.45, 7) is 5.51. The zero-order valence-corrected chi connectivity index (χ0v) is 10.3.